The van der Waals surface area contributed by atoms with Crippen LogP contribution in [0.3, 0.4) is 0 Å². The fraction of sp³-hybridized carbons (Fsp3) is 0.476. The van der Waals surface area contributed by atoms with Gasteiger partial charge in [0, 0.05) is 5.38 Å². The van der Waals surface area contributed by atoms with Crippen molar-refractivity contribution in [2.45, 2.75) is 69.7 Å². The Labute approximate surface area is 199 Å². The Kier molecular flexibility index (Phi) is 9.16. The third kappa shape index (κ3) is 6.14. The Morgan fingerprint density at radius 1 is 1.38 bits per heavy atom. The molecule has 0 radical (unpaired) electrons. The molecule has 1 atom stereocenters. The van der Waals surface area contributed by atoms with Crippen LogP contribution in [0.25, 0.3) is 0 Å². The lowest BCUT2D eigenvalue weighted by Crippen LogP contribution is -2.19. The van der Waals surface area contributed by atoms with Gasteiger partial charge in [0.2, 0.25) is 4.34 Å². The summed E-state index contributed by atoms with van der Waals surface area (Å²) in [6.45, 7) is 10.3. The van der Waals surface area contributed by atoms with Crippen LogP contribution in [-0.4, -0.2) is 20.2 Å². The molecule has 0 saturated heterocycles. The molecule has 2 rings (SSSR count). The van der Waals surface area contributed by atoms with Gasteiger partial charge in [-0.25, -0.2) is 18.7 Å². The molecule has 0 saturated carbocycles. The highest BCUT2D eigenvalue weighted by Gasteiger charge is 2.26. The minimum Gasteiger partial charge on any atom is -0.384 e. The predicted molar refractivity (Wildman–Crippen MR) is 129 cm³/mol. The number of thiazole rings is 1. The summed E-state index contributed by atoms with van der Waals surface area (Å²) in [4.78, 5) is 16.8. The molecule has 1 unspecified atom stereocenters. The van der Waals surface area contributed by atoms with Crippen LogP contribution in [-0.2, 0) is 26.7 Å². The van der Waals surface area contributed by atoms with E-state index >= 15 is 0 Å². The number of carbonyl (C=O) groups is 1. The van der Waals surface area contributed by atoms with Crippen molar-refractivity contribution in [3.63, 3.8) is 0 Å². The predicted octanol–water partition coefficient (Wildman–Crippen LogP) is 4.21. The third-order valence-electron chi connectivity index (χ3n) is 4.69. The minimum absolute atomic E-state index is 0. The van der Waals surface area contributed by atoms with Crippen LogP contribution in [0.5, 0.6) is 0 Å². The summed E-state index contributed by atoms with van der Waals surface area (Å²) in [6.07, 6.45) is -0.304. The summed E-state index contributed by atoms with van der Waals surface area (Å²) in [5, 5.41) is 26.6. The summed E-state index contributed by atoms with van der Waals surface area (Å²) in [6, 6.07) is 3.31. The van der Waals surface area contributed by atoms with Crippen LogP contribution in [0, 0.1) is 17.1 Å². The van der Waals surface area contributed by atoms with Gasteiger partial charge in [0.1, 0.15) is 17.5 Å². The van der Waals surface area contributed by atoms with E-state index in [2.05, 4.69) is 9.35 Å². The average Bonchev–Trinajstić information content (AvgIpc) is 3.12. The quantitative estimate of drug-likeness (QED) is 0.614. The molecule has 1 aromatic heterocycles. The van der Waals surface area contributed by atoms with Gasteiger partial charge in [0.25, 0.3) is 5.91 Å². The lowest BCUT2D eigenvalue weighted by molar-refractivity contribution is -0.117. The normalized spacial score (nSPS) is 13.4. The number of aromatic nitrogens is 1. The van der Waals surface area contributed by atoms with Crippen molar-refractivity contribution in [2.75, 3.05) is 0 Å². The molecule has 7 nitrogen and oxygen atoms in total. The van der Waals surface area contributed by atoms with Crippen LogP contribution in [0.1, 0.15) is 81.3 Å². The highest BCUT2D eigenvalue weighted by Crippen LogP contribution is 2.33. The van der Waals surface area contributed by atoms with Crippen molar-refractivity contribution in [3.05, 3.63) is 45.2 Å². The molecule has 0 aliphatic rings. The standard InChI is InChI=1S/C21H27FN4O3S2.H2S/c1-11(2)14-7-13(9-23)19(22)18(12(3)4)15(14)8-17(27)26-31(24,29)20-25-16(10-30-20)21(5,6)28;/h7,10-12,28H,8H2,1-6H3,(H2,24,26,27,29);1H2. The fourth-order valence-corrected chi connectivity index (χ4v) is 5.37. The maximum absolute atomic E-state index is 14.9. The summed E-state index contributed by atoms with van der Waals surface area (Å²) in [7, 11) is -3.63. The van der Waals surface area contributed by atoms with E-state index in [1.54, 1.807) is 13.8 Å². The van der Waals surface area contributed by atoms with Crippen molar-refractivity contribution in [2.24, 2.45) is 9.50 Å². The summed E-state index contributed by atoms with van der Waals surface area (Å²) in [5.41, 5.74) is 0.298. The number of aliphatic hydroxyl groups is 1. The lowest BCUT2D eigenvalue weighted by atomic mass is 9.85. The molecule has 3 N–H and O–H groups in total. The molecule has 0 bridgehead atoms. The maximum Gasteiger partial charge on any atom is 0.259 e. The Morgan fingerprint density at radius 2 is 1.97 bits per heavy atom. The van der Waals surface area contributed by atoms with E-state index < -0.39 is 27.2 Å². The molecule has 32 heavy (non-hydrogen) atoms. The van der Waals surface area contributed by atoms with Gasteiger partial charge in [-0.3, -0.25) is 4.79 Å². The van der Waals surface area contributed by atoms with Crippen molar-refractivity contribution >= 4 is 40.7 Å². The molecular formula is C21H29FN4O3S3. The zero-order valence-electron chi connectivity index (χ0n) is 18.9. The molecule has 2 aromatic rings. The van der Waals surface area contributed by atoms with E-state index in [1.807, 2.05) is 19.9 Å². The number of halogens is 1. The van der Waals surface area contributed by atoms with Gasteiger partial charge in [-0.05, 0) is 48.4 Å². The number of hydrogen-bond donors (Lipinski definition) is 2. The first-order chi connectivity index (χ1) is 14.2. The molecule has 0 fully saturated rings. The van der Waals surface area contributed by atoms with Crippen molar-refractivity contribution in [1.82, 2.24) is 4.98 Å². The number of hydrogen-bond acceptors (Lipinski definition) is 6. The van der Waals surface area contributed by atoms with E-state index in [4.69, 9.17) is 5.14 Å². The number of rotatable bonds is 6. The van der Waals surface area contributed by atoms with E-state index in [0.29, 0.717) is 11.1 Å². The van der Waals surface area contributed by atoms with Crippen LogP contribution in [0.2, 0.25) is 0 Å². The zero-order chi connectivity index (χ0) is 23.7. The molecule has 1 heterocycles. The zero-order valence-corrected chi connectivity index (χ0v) is 21.5. The van der Waals surface area contributed by atoms with E-state index in [1.165, 1.54) is 25.3 Å². The Balaban J connectivity index is 0.00000512. The number of benzene rings is 1. The first-order valence-electron chi connectivity index (χ1n) is 9.70. The topological polar surface area (TPSA) is 129 Å². The average molecular weight is 501 g/mol. The molecule has 0 aliphatic carbocycles. The molecule has 11 heteroatoms. The van der Waals surface area contributed by atoms with Gasteiger partial charge < -0.3 is 5.11 Å². The fourth-order valence-electron chi connectivity index (χ4n) is 3.18. The second-order valence-electron chi connectivity index (χ2n) is 8.43. The Hall–Kier alpha value is -1.84. The largest absolute Gasteiger partial charge is 0.384 e. The first kappa shape index (κ1) is 28.2. The van der Waals surface area contributed by atoms with E-state index in [0.717, 1.165) is 11.3 Å². The molecule has 0 aliphatic heterocycles. The number of nitriles is 1. The number of amides is 1. The molecule has 0 spiro atoms. The highest BCUT2D eigenvalue weighted by atomic mass is 32.2. The second-order valence-corrected chi connectivity index (χ2v) is 11.3. The van der Waals surface area contributed by atoms with Gasteiger partial charge in [-0.1, -0.05) is 27.7 Å². The number of nitrogens with two attached hydrogens (primary N) is 1. The first-order valence-corrected chi connectivity index (χ1v) is 12.2. The monoisotopic (exact) mass is 500 g/mol. The summed E-state index contributed by atoms with van der Waals surface area (Å²) in [5.74, 6) is -1.80. The Morgan fingerprint density at radius 3 is 2.41 bits per heavy atom. The lowest BCUT2D eigenvalue weighted by Gasteiger charge is -2.20. The van der Waals surface area contributed by atoms with Crippen LogP contribution >= 0.6 is 24.8 Å². The number of nitrogens with zero attached hydrogens (tertiary/aromatic N) is 3. The van der Waals surface area contributed by atoms with Gasteiger partial charge in [0.05, 0.1) is 17.7 Å². The SMILES string of the molecule is CC(C)c1cc(C#N)c(F)c(C(C)C)c1CC(=O)N=S(N)(=O)c1nc(C(C)(C)O)cs1.S. The second kappa shape index (κ2) is 10.4. The van der Waals surface area contributed by atoms with Crippen molar-refractivity contribution < 1.29 is 18.5 Å². The summed E-state index contributed by atoms with van der Waals surface area (Å²) < 4.78 is 31.4. The van der Waals surface area contributed by atoms with Gasteiger partial charge in [-0.2, -0.15) is 18.8 Å². The third-order valence-corrected chi connectivity index (χ3v) is 7.40. The number of carbonyl (C=O) groups excluding carboxylic acids is 1. The molecular weight excluding hydrogens is 471 g/mol. The van der Waals surface area contributed by atoms with Crippen LogP contribution in [0.15, 0.2) is 20.1 Å². The Bertz CT molecular complexity index is 1170. The van der Waals surface area contributed by atoms with E-state index in [9.17, 15) is 23.8 Å². The van der Waals surface area contributed by atoms with Gasteiger partial charge in [-0.15, -0.1) is 15.7 Å². The highest BCUT2D eigenvalue weighted by molar-refractivity contribution is 7.93. The minimum atomic E-state index is -3.63. The molecule has 176 valence electrons. The maximum atomic E-state index is 14.9. The van der Waals surface area contributed by atoms with Crippen molar-refractivity contribution in [3.8, 4) is 6.07 Å². The van der Waals surface area contributed by atoms with Gasteiger partial charge >= 0.3 is 0 Å². The van der Waals surface area contributed by atoms with E-state index in [-0.39, 0.29) is 52.9 Å². The summed E-state index contributed by atoms with van der Waals surface area (Å²) >= 11 is 0.942. The smallest absolute Gasteiger partial charge is 0.259 e. The van der Waals surface area contributed by atoms with Crippen molar-refractivity contribution in [1.29, 1.82) is 5.26 Å². The van der Waals surface area contributed by atoms with Crippen LogP contribution in [0.4, 0.5) is 4.39 Å². The molecule has 1 aromatic carbocycles. The molecule has 1 amide bonds. The van der Waals surface area contributed by atoms with Crippen LogP contribution < -0.4 is 5.14 Å². The van der Waals surface area contributed by atoms with Gasteiger partial charge in [0.15, 0.2) is 9.92 Å².